The molecule has 0 aromatic carbocycles. The fraction of sp³-hybridized carbons (Fsp3) is 0.733. The highest BCUT2D eigenvalue weighted by Gasteiger charge is 2.20. The maximum Gasteiger partial charge on any atom is 0.316 e. The van der Waals surface area contributed by atoms with Crippen LogP contribution in [0.15, 0.2) is 6.20 Å². The molecule has 1 N–H and O–H groups in total. The number of hydrogen-bond donors (Lipinski definition) is 1. The molecule has 1 heterocycles. The Bertz CT molecular complexity index is 391. The predicted molar refractivity (Wildman–Crippen MR) is 76.3 cm³/mol. The average molecular weight is 263 g/mol. The molecule has 0 atom stereocenters. The van der Waals surface area contributed by atoms with Crippen LogP contribution in [-0.2, 0) is 6.54 Å². The highest BCUT2D eigenvalue weighted by molar-refractivity contribution is 5.17. The van der Waals surface area contributed by atoms with Crippen LogP contribution in [0.25, 0.3) is 0 Å². The summed E-state index contributed by atoms with van der Waals surface area (Å²) >= 11 is 0. The maximum atomic E-state index is 5.58. The zero-order valence-electron chi connectivity index (χ0n) is 12.1. The fourth-order valence-corrected chi connectivity index (χ4v) is 1.95. The Kier molecular flexibility index (Phi) is 5.58. The molecular formula is C15H25N3O. The molecule has 1 aromatic rings. The van der Waals surface area contributed by atoms with E-state index in [9.17, 15) is 0 Å². The Morgan fingerprint density at radius 1 is 1.32 bits per heavy atom. The van der Waals surface area contributed by atoms with Crippen molar-refractivity contribution in [3.05, 3.63) is 17.5 Å². The van der Waals surface area contributed by atoms with Crippen LogP contribution in [-0.4, -0.2) is 22.6 Å². The predicted octanol–water partition coefficient (Wildman–Crippen LogP) is 3.00. The quantitative estimate of drug-likeness (QED) is 0.696. The molecule has 4 nitrogen and oxygen atoms in total. The largest absolute Gasteiger partial charge is 0.463 e. The van der Waals surface area contributed by atoms with Gasteiger partial charge in [-0.15, -0.1) is 0 Å². The number of aryl methyl sites for hydroxylation is 1. The zero-order chi connectivity index (χ0) is 13.5. The summed E-state index contributed by atoms with van der Waals surface area (Å²) in [6.45, 7) is 5.82. The van der Waals surface area contributed by atoms with E-state index in [-0.39, 0.29) is 0 Å². The molecule has 0 spiro atoms. The first-order valence-electron chi connectivity index (χ1n) is 7.48. The second-order valence-electron chi connectivity index (χ2n) is 5.33. The lowest BCUT2D eigenvalue weighted by Crippen LogP contribution is -2.17. The van der Waals surface area contributed by atoms with Crippen LogP contribution >= 0.6 is 0 Å². The summed E-state index contributed by atoms with van der Waals surface area (Å²) in [5.41, 5.74) is 2.19. The van der Waals surface area contributed by atoms with Crippen LogP contribution in [0.3, 0.4) is 0 Å². The van der Waals surface area contributed by atoms with Gasteiger partial charge < -0.3 is 10.1 Å². The molecule has 2 rings (SSSR count). The Balaban J connectivity index is 1.73. The van der Waals surface area contributed by atoms with Crippen molar-refractivity contribution in [3.8, 4) is 6.01 Å². The molecule has 0 amide bonds. The van der Waals surface area contributed by atoms with Gasteiger partial charge in [0.1, 0.15) is 0 Å². The molecule has 0 unspecified atom stereocenters. The normalized spacial score (nSPS) is 14.6. The van der Waals surface area contributed by atoms with Crippen molar-refractivity contribution < 1.29 is 4.74 Å². The summed E-state index contributed by atoms with van der Waals surface area (Å²) in [7, 11) is 0. The molecule has 4 heteroatoms. The third-order valence-electron chi connectivity index (χ3n) is 3.45. The summed E-state index contributed by atoms with van der Waals surface area (Å²) < 4.78 is 5.58. The van der Waals surface area contributed by atoms with Gasteiger partial charge in [0, 0.05) is 30.0 Å². The Hall–Kier alpha value is -1.16. The van der Waals surface area contributed by atoms with E-state index in [0.717, 1.165) is 25.3 Å². The van der Waals surface area contributed by atoms with E-state index in [1.165, 1.54) is 37.7 Å². The number of aromatic nitrogens is 2. The third kappa shape index (κ3) is 5.15. The average Bonchev–Trinajstić information content (AvgIpc) is 3.21. The number of nitrogens with zero attached hydrogens (tertiary/aromatic N) is 2. The fourth-order valence-electron chi connectivity index (χ4n) is 1.95. The molecule has 1 fully saturated rings. The molecule has 0 bridgehead atoms. The second kappa shape index (κ2) is 7.43. The van der Waals surface area contributed by atoms with Gasteiger partial charge in [0.15, 0.2) is 0 Å². The van der Waals surface area contributed by atoms with Gasteiger partial charge in [0.2, 0.25) is 0 Å². The molecule has 19 heavy (non-hydrogen) atoms. The van der Waals surface area contributed by atoms with Gasteiger partial charge in [-0.25, -0.2) is 9.97 Å². The summed E-state index contributed by atoms with van der Waals surface area (Å²) in [6, 6.07) is 1.23. The van der Waals surface area contributed by atoms with Crippen LogP contribution in [0.1, 0.15) is 56.7 Å². The lowest BCUT2D eigenvalue weighted by molar-refractivity contribution is 0.280. The van der Waals surface area contributed by atoms with Gasteiger partial charge in [0.05, 0.1) is 6.61 Å². The van der Waals surface area contributed by atoms with Crippen LogP contribution in [0.2, 0.25) is 0 Å². The molecule has 0 saturated heterocycles. The van der Waals surface area contributed by atoms with E-state index in [1.54, 1.807) is 0 Å². The highest BCUT2D eigenvalue weighted by Crippen LogP contribution is 2.19. The minimum absolute atomic E-state index is 0.518. The van der Waals surface area contributed by atoms with Crippen LogP contribution in [0, 0.1) is 6.92 Å². The number of nitrogens with one attached hydrogen (secondary N) is 1. The van der Waals surface area contributed by atoms with Crippen molar-refractivity contribution in [3.63, 3.8) is 0 Å². The lowest BCUT2D eigenvalue weighted by Gasteiger charge is -2.08. The lowest BCUT2D eigenvalue weighted by atomic mass is 10.2. The van der Waals surface area contributed by atoms with Crippen LogP contribution in [0.5, 0.6) is 6.01 Å². The van der Waals surface area contributed by atoms with Gasteiger partial charge in [-0.1, -0.05) is 26.2 Å². The first kappa shape index (κ1) is 14.3. The van der Waals surface area contributed by atoms with E-state index in [1.807, 2.05) is 13.1 Å². The monoisotopic (exact) mass is 263 g/mol. The first-order valence-corrected chi connectivity index (χ1v) is 7.48. The number of rotatable bonds is 9. The van der Waals surface area contributed by atoms with Crippen molar-refractivity contribution in [1.82, 2.24) is 15.3 Å². The number of ether oxygens (including phenoxy) is 1. The van der Waals surface area contributed by atoms with Crippen molar-refractivity contribution in [2.45, 2.75) is 65.0 Å². The van der Waals surface area contributed by atoms with Crippen molar-refractivity contribution in [1.29, 1.82) is 0 Å². The van der Waals surface area contributed by atoms with Gasteiger partial charge in [-0.2, -0.15) is 0 Å². The van der Waals surface area contributed by atoms with Gasteiger partial charge in [0.25, 0.3) is 0 Å². The van der Waals surface area contributed by atoms with Crippen molar-refractivity contribution >= 4 is 0 Å². The molecule has 1 aliphatic rings. The minimum atomic E-state index is 0.518. The Labute approximate surface area is 116 Å². The Morgan fingerprint density at radius 3 is 2.84 bits per heavy atom. The summed E-state index contributed by atoms with van der Waals surface area (Å²) in [6.07, 6.45) is 9.32. The number of hydrogen-bond acceptors (Lipinski definition) is 4. The van der Waals surface area contributed by atoms with E-state index >= 15 is 0 Å². The van der Waals surface area contributed by atoms with Gasteiger partial charge in [-0.05, 0) is 26.2 Å². The highest BCUT2D eigenvalue weighted by atomic mass is 16.5. The van der Waals surface area contributed by atoms with Gasteiger partial charge >= 0.3 is 6.01 Å². The maximum absolute atomic E-state index is 5.58. The second-order valence-corrected chi connectivity index (χ2v) is 5.33. The summed E-state index contributed by atoms with van der Waals surface area (Å²) in [4.78, 5) is 8.70. The standard InChI is InChI=1S/C15H25N3O/c1-3-4-5-6-9-19-15-17-11-13(12(2)18-15)10-16-14-7-8-14/h11,14,16H,3-10H2,1-2H3. The van der Waals surface area contributed by atoms with Crippen molar-refractivity contribution in [2.75, 3.05) is 6.61 Å². The third-order valence-corrected chi connectivity index (χ3v) is 3.45. The summed E-state index contributed by atoms with van der Waals surface area (Å²) in [5, 5.41) is 3.48. The SMILES string of the molecule is CCCCCCOc1ncc(CNC2CC2)c(C)n1. The molecule has 1 aromatic heterocycles. The van der Waals surface area contributed by atoms with Crippen LogP contribution < -0.4 is 10.1 Å². The van der Waals surface area contributed by atoms with Gasteiger partial charge in [-0.3, -0.25) is 0 Å². The molecule has 0 aliphatic heterocycles. The van der Waals surface area contributed by atoms with E-state index in [0.29, 0.717) is 12.1 Å². The van der Waals surface area contributed by atoms with Crippen LogP contribution in [0.4, 0.5) is 0 Å². The van der Waals surface area contributed by atoms with Crippen molar-refractivity contribution in [2.24, 2.45) is 0 Å². The van der Waals surface area contributed by atoms with E-state index < -0.39 is 0 Å². The molecule has 1 saturated carbocycles. The molecule has 106 valence electrons. The molecular weight excluding hydrogens is 238 g/mol. The van der Waals surface area contributed by atoms with E-state index in [2.05, 4.69) is 22.2 Å². The number of unbranched alkanes of at least 4 members (excludes halogenated alkanes) is 3. The first-order chi connectivity index (χ1) is 9.29. The Morgan fingerprint density at radius 2 is 2.16 bits per heavy atom. The summed E-state index contributed by atoms with van der Waals surface area (Å²) in [5.74, 6) is 0. The zero-order valence-corrected chi connectivity index (χ0v) is 12.1. The van der Waals surface area contributed by atoms with E-state index in [4.69, 9.17) is 4.74 Å². The topological polar surface area (TPSA) is 47.0 Å². The minimum Gasteiger partial charge on any atom is -0.463 e. The molecule has 0 radical (unpaired) electrons. The smallest absolute Gasteiger partial charge is 0.316 e. The molecule has 1 aliphatic carbocycles.